The average Bonchev–Trinajstić information content (AvgIpc) is 3.12. The minimum absolute atomic E-state index is 0.134. The Hall–Kier alpha value is -4.27. The van der Waals surface area contributed by atoms with Gasteiger partial charge in [0.2, 0.25) is 11.5 Å². The highest BCUT2D eigenvalue weighted by Gasteiger charge is 2.23. The molecule has 0 aliphatic carbocycles. The maximum absolute atomic E-state index is 13.0. The standard InChI is InChI=1S/C22H18FN5O3/c1-14(24-20-22(28(30)31)27-13-3-2-4-19(27)26-20)15-7-11-18(12-8-15)25-21(29)16-5-9-17(23)10-6-16/h2-14,24H,1H3,(H,25,29)/t14-/m1/s1. The molecule has 1 amide bonds. The van der Waals surface area contributed by atoms with E-state index in [1.165, 1.54) is 28.7 Å². The molecule has 2 aromatic heterocycles. The van der Waals surface area contributed by atoms with E-state index in [2.05, 4.69) is 15.6 Å². The lowest BCUT2D eigenvalue weighted by Gasteiger charge is -2.14. The second-order valence-corrected chi connectivity index (χ2v) is 6.92. The Morgan fingerprint density at radius 2 is 1.81 bits per heavy atom. The molecule has 31 heavy (non-hydrogen) atoms. The second kappa shape index (κ2) is 8.23. The van der Waals surface area contributed by atoms with E-state index < -0.39 is 10.7 Å². The van der Waals surface area contributed by atoms with Crippen LogP contribution in [0.2, 0.25) is 0 Å². The first-order valence-corrected chi connectivity index (χ1v) is 9.47. The number of nitrogens with zero attached hydrogens (tertiary/aromatic N) is 3. The van der Waals surface area contributed by atoms with E-state index in [-0.39, 0.29) is 23.6 Å². The van der Waals surface area contributed by atoms with Crippen LogP contribution in [0.5, 0.6) is 0 Å². The van der Waals surface area contributed by atoms with Crippen molar-refractivity contribution in [2.24, 2.45) is 0 Å². The molecule has 0 bridgehead atoms. The summed E-state index contributed by atoms with van der Waals surface area (Å²) >= 11 is 0. The number of nitro groups is 1. The summed E-state index contributed by atoms with van der Waals surface area (Å²) in [6.07, 6.45) is 1.59. The molecule has 2 N–H and O–H groups in total. The highest BCUT2D eigenvalue weighted by atomic mass is 19.1. The van der Waals surface area contributed by atoms with E-state index >= 15 is 0 Å². The predicted molar refractivity (Wildman–Crippen MR) is 115 cm³/mol. The molecular formula is C22H18FN5O3. The van der Waals surface area contributed by atoms with Crippen molar-refractivity contribution in [3.8, 4) is 0 Å². The Balaban J connectivity index is 1.49. The van der Waals surface area contributed by atoms with Crippen LogP contribution >= 0.6 is 0 Å². The fourth-order valence-corrected chi connectivity index (χ4v) is 3.20. The number of rotatable bonds is 6. The minimum Gasteiger partial charge on any atom is -0.358 e. The van der Waals surface area contributed by atoms with Crippen molar-refractivity contribution in [1.82, 2.24) is 9.38 Å². The molecule has 2 aromatic carbocycles. The van der Waals surface area contributed by atoms with Crippen LogP contribution in [0.4, 0.5) is 21.7 Å². The molecule has 9 heteroatoms. The zero-order valence-corrected chi connectivity index (χ0v) is 16.4. The lowest BCUT2D eigenvalue weighted by molar-refractivity contribution is -0.389. The zero-order chi connectivity index (χ0) is 22.0. The van der Waals surface area contributed by atoms with Crippen LogP contribution in [0.25, 0.3) is 5.65 Å². The molecule has 0 spiro atoms. The van der Waals surface area contributed by atoms with Gasteiger partial charge in [0.1, 0.15) is 5.82 Å². The van der Waals surface area contributed by atoms with Crippen molar-refractivity contribution in [1.29, 1.82) is 0 Å². The van der Waals surface area contributed by atoms with Gasteiger partial charge in [0.25, 0.3) is 5.91 Å². The molecule has 0 aliphatic rings. The third-order valence-electron chi connectivity index (χ3n) is 4.81. The van der Waals surface area contributed by atoms with Gasteiger partial charge in [0, 0.05) is 17.3 Å². The summed E-state index contributed by atoms with van der Waals surface area (Å²) in [5.41, 5.74) is 2.25. The lowest BCUT2D eigenvalue weighted by Crippen LogP contribution is -2.12. The SMILES string of the molecule is C[C@@H](Nc1nc2ccccn2c1[N+](=O)[O-])c1ccc(NC(=O)c2ccc(F)cc2)cc1. The van der Waals surface area contributed by atoms with E-state index in [0.29, 0.717) is 16.9 Å². The predicted octanol–water partition coefficient (Wildman–Crippen LogP) is 4.81. The number of imidazole rings is 1. The normalized spacial score (nSPS) is 11.8. The van der Waals surface area contributed by atoms with E-state index in [1.54, 1.807) is 48.7 Å². The molecule has 156 valence electrons. The second-order valence-electron chi connectivity index (χ2n) is 6.92. The van der Waals surface area contributed by atoms with Crippen LogP contribution in [-0.2, 0) is 0 Å². The van der Waals surface area contributed by atoms with Crippen molar-refractivity contribution in [3.05, 3.63) is 100.0 Å². The number of aromatic nitrogens is 2. The molecule has 1 atom stereocenters. The number of fused-ring (bicyclic) bond motifs is 1. The highest BCUT2D eigenvalue weighted by molar-refractivity contribution is 6.04. The largest absolute Gasteiger partial charge is 0.372 e. The molecule has 4 aromatic rings. The van der Waals surface area contributed by atoms with Crippen LogP contribution in [0.15, 0.2) is 72.9 Å². The first-order chi connectivity index (χ1) is 14.9. The first-order valence-electron chi connectivity index (χ1n) is 9.47. The summed E-state index contributed by atoms with van der Waals surface area (Å²) in [5, 5.41) is 17.4. The first kappa shape index (κ1) is 20.0. The maximum atomic E-state index is 13.0. The third-order valence-corrected chi connectivity index (χ3v) is 4.81. The molecule has 0 unspecified atom stereocenters. The maximum Gasteiger partial charge on any atom is 0.372 e. The van der Waals surface area contributed by atoms with Gasteiger partial charge in [-0.05, 0) is 59.9 Å². The number of amides is 1. The van der Waals surface area contributed by atoms with Gasteiger partial charge in [-0.15, -0.1) is 0 Å². The number of carbonyl (C=O) groups excluding carboxylic acids is 1. The molecule has 0 saturated heterocycles. The van der Waals surface area contributed by atoms with E-state index in [4.69, 9.17) is 0 Å². The fourth-order valence-electron chi connectivity index (χ4n) is 3.20. The van der Waals surface area contributed by atoms with Crippen molar-refractivity contribution in [3.63, 3.8) is 0 Å². The number of anilines is 2. The summed E-state index contributed by atoms with van der Waals surface area (Å²) in [5.74, 6) is -0.712. The van der Waals surface area contributed by atoms with Crippen molar-refractivity contribution < 1.29 is 14.1 Å². The topological polar surface area (TPSA) is 102 Å². The molecule has 4 rings (SSSR count). The Morgan fingerprint density at radius 1 is 1.10 bits per heavy atom. The summed E-state index contributed by atoms with van der Waals surface area (Å²) in [7, 11) is 0. The van der Waals surface area contributed by atoms with Gasteiger partial charge in [-0.25, -0.2) is 4.39 Å². The van der Waals surface area contributed by atoms with Gasteiger partial charge in [-0.1, -0.05) is 18.2 Å². The van der Waals surface area contributed by atoms with Crippen molar-refractivity contribution in [2.45, 2.75) is 13.0 Å². The van der Waals surface area contributed by atoms with Crippen molar-refractivity contribution in [2.75, 3.05) is 10.6 Å². The van der Waals surface area contributed by atoms with E-state index in [9.17, 15) is 19.3 Å². The van der Waals surface area contributed by atoms with Crippen LogP contribution in [-0.4, -0.2) is 20.2 Å². The zero-order valence-electron chi connectivity index (χ0n) is 16.4. The number of hydrogen-bond donors (Lipinski definition) is 2. The van der Waals surface area contributed by atoms with Crippen LogP contribution in [0, 0.1) is 15.9 Å². The Morgan fingerprint density at radius 3 is 2.48 bits per heavy atom. The van der Waals surface area contributed by atoms with Crippen LogP contribution in [0.3, 0.4) is 0 Å². The molecule has 8 nitrogen and oxygen atoms in total. The number of nitrogens with one attached hydrogen (secondary N) is 2. The summed E-state index contributed by atoms with van der Waals surface area (Å²) in [6, 6.07) is 17.2. The van der Waals surface area contributed by atoms with Gasteiger partial charge >= 0.3 is 5.82 Å². The summed E-state index contributed by atoms with van der Waals surface area (Å²) in [4.78, 5) is 27.6. The van der Waals surface area contributed by atoms with Crippen LogP contribution in [0.1, 0.15) is 28.9 Å². The summed E-state index contributed by atoms with van der Waals surface area (Å²) < 4.78 is 14.4. The molecular weight excluding hydrogens is 401 g/mol. The Labute approximate surface area is 176 Å². The average molecular weight is 419 g/mol. The molecule has 0 radical (unpaired) electrons. The Kier molecular flexibility index (Phi) is 5.31. The number of carbonyl (C=O) groups is 1. The van der Waals surface area contributed by atoms with Gasteiger partial charge in [-0.2, -0.15) is 9.38 Å². The van der Waals surface area contributed by atoms with Gasteiger partial charge < -0.3 is 20.7 Å². The molecule has 0 aliphatic heterocycles. The molecule has 2 heterocycles. The van der Waals surface area contributed by atoms with Gasteiger partial charge in [-0.3, -0.25) is 4.79 Å². The third kappa shape index (κ3) is 4.20. The van der Waals surface area contributed by atoms with E-state index in [1.807, 2.05) is 6.92 Å². The molecule has 0 saturated carbocycles. The van der Waals surface area contributed by atoms with Gasteiger partial charge in [0.05, 0.1) is 12.2 Å². The smallest absolute Gasteiger partial charge is 0.358 e. The van der Waals surface area contributed by atoms with Crippen molar-refractivity contribution >= 4 is 28.9 Å². The summed E-state index contributed by atoms with van der Waals surface area (Å²) in [6.45, 7) is 1.86. The fraction of sp³-hybridized carbons (Fsp3) is 0.0909. The number of benzene rings is 2. The monoisotopic (exact) mass is 419 g/mol. The Bertz CT molecular complexity index is 1250. The number of hydrogen-bond acceptors (Lipinski definition) is 5. The number of pyridine rings is 1. The van der Waals surface area contributed by atoms with Crippen LogP contribution < -0.4 is 10.6 Å². The molecule has 0 fully saturated rings. The van der Waals surface area contributed by atoms with E-state index in [0.717, 1.165) is 5.56 Å². The quantitative estimate of drug-likeness (QED) is 0.345. The lowest BCUT2D eigenvalue weighted by atomic mass is 10.1. The number of halogens is 1. The van der Waals surface area contributed by atoms with Gasteiger partial charge in [0.15, 0.2) is 0 Å². The highest BCUT2D eigenvalue weighted by Crippen LogP contribution is 2.29. The minimum atomic E-state index is -0.469.